The van der Waals surface area contributed by atoms with Gasteiger partial charge in [0.1, 0.15) is 12.6 Å². The second kappa shape index (κ2) is 8.32. The van der Waals surface area contributed by atoms with Crippen LogP contribution in [0.4, 0.5) is 4.79 Å². The highest BCUT2D eigenvalue weighted by atomic mass is 16.5. The molecule has 1 atom stereocenters. The van der Waals surface area contributed by atoms with Crippen LogP contribution in [-0.2, 0) is 14.3 Å². The lowest BCUT2D eigenvalue weighted by molar-refractivity contribution is -0.143. The summed E-state index contributed by atoms with van der Waals surface area (Å²) >= 11 is 0. The second-order valence-electron chi connectivity index (χ2n) is 3.57. The zero-order chi connectivity index (χ0) is 14.1. The summed E-state index contributed by atoms with van der Waals surface area (Å²) in [5, 5.41) is 11.2. The van der Waals surface area contributed by atoms with Crippen LogP contribution in [0.1, 0.15) is 27.2 Å². The number of likely N-dealkylation sites (N-methyl/N-ethyl adjacent to an activating group) is 1. The van der Waals surface area contributed by atoms with E-state index in [2.05, 4.69) is 5.32 Å². The molecular weight excluding hydrogens is 240 g/mol. The predicted molar refractivity (Wildman–Crippen MR) is 64.1 cm³/mol. The summed E-state index contributed by atoms with van der Waals surface area (Å²) in [6, 6.07) is -1.53. The van der Waals surface area contributed by atoms with E-state index in [0.717, 1.165) is 0 Å². The van der Waals surface area contributed by atoms with Crippen LogP contribution in [-0.4, -0.2) is 53.7 Å². The molecule has 0 aromatic rings. The Kier molecular flexibility index (Phi) is 7.50. The Morgan fingerprint density at radius 3 is 2.28 bits per heavy atom. The second-order valence-corrected chi connectivity index (χ2v) is 3.57. The zero-order valence-corrected chi connectivity index (χ0v) is 10.9. The van der Waals surface area contributed by atoms with Crippen molar-refractivity contribution in [2.75, 3.05) is 19.7 Å². The third kappa shape index (κ3) is 5.51. The normalized spacial score (nSPS) is 11.5. The summed E-state index contributed by atoms with van der Waals surface area (Å²) in [4.78, 5) is 35.0. The van der Waals surface area contributed by atoms with Crippen molar-refractivity contribution in [2.24, 2.45) is 0 Å². The van der Waals surface area contributed by atoms with E-state index in [-0.39, 0.29) is 19.6 Å². The zero-order valence-electron chi connectivity index (χ0n) is 10.9. The molecule has 0 aromatic carbocycles. The smallest absolute Gasteiger partial charge is 0.326 e. The van der Waals surface area contributed by atoms with Gasteiger partial charge in [-0.1, -0.05) is 6.92 Å². The summed E-state index contributed by atoms with van der Waals surface area (Å²) in [6.45, 7) is 5.37. The van der Waals surface area contributed by atoms with E-state index in [0.29, 0.717) is 6.54 Å². The van der Waals surface area contributed by atoms with Gasteiger partial charge in [0, 0.05) is 6.54 Å². The van der Waals surface area contributed by atoms with Gasteiger partial charge in [-0.3, -0.25) is 4.79 Å². The lowest BCUT2D eigenvalue weighted by Crippen LogP contribution is -2.49. The molecule has 0 rings (SSSR count). The summed E-state index contributed by atoms with van der Waals surface area (Å²) in [7, 11) is 0. The molecule has 0 aliphatic heterocycles. The Balaban J connectivity index is 4.42. The highest BCUT2D eigenvalue weighted by Crippen LogP contribution is 1.96. The number of aliphatic carboxylic acids is 1. The van der Waals surface area contributed by atoms with E-state index < -0.39 is 24.0 Å². The van der Waals surface area contributed by atoms with Crippen molar-refractivity contribution < 1.29 is 24.2 Å². The number of nitrogens with zero attached hydrogens (tertiary/aromatic N) is 1. The first kappa shape index (κ1) is 16.2. The molecule has 18 heavy (non-hydrogen) atoms. The fourth-order valence-corrected chi connectivity index (χ4v) is 1.27. The number of hydrogen-bond acceptors (Lipinski definition) is 4. The fraction of sp³-hybridized carbons (Fsp3) is 0.727. The van der Waals surface area contributed by atoms with Crippen LogP contribution in [0.2, 0.25) is 0 Å². The third-order valence-corrected chi connectivity index (χ3v) is 2.30. The average Bonchev–Trinajstić information content (AvgIpc) is 2.32. The largest absolute Gasteiger partial charge is 0.480 e. The standard InChI is InChI=1S/C11H20N2O5/c1-4-8(10(15)16)12-11(17)13(5-2)7-9(14)18-6-3/h8H,4-7H2,1-3H3,(H,12,17)(H,15,16)/t8-/m0/s1. The first-order valence-corrected chi connectivity index (χ1v) is 5.90. The quantitative estimate of drug-likeness (QED) is 0.648. The molecule has 0 aliphatic carbocycles. The Labute approximate surface area is 106 Å². The minimum absolute atomic E-state index is 0.188. The number of carbonyl (C=O) groups is 3. The molecule has 0 saturated carbocycles. The summed E-state index contributed by atoms with van der Waals surface area (Å²) in [5.74, 6) is -1.61. The number of nitrogens with one attached hydrogen (secondary N) is 1. The molecule has 0 saturated heterocycles. The van der Waals surface area contributed by atoms with Crippen LogP contribution in [0.3, 0.4) is 0 Å². The molecule has 2 amide bonds. The first-order valence-electron chi connectivity index (χ1n) is 5.90. The number of carboxylic acids is 1. The molecular formula is C11H20N2O5. The van der Waals surface area contributed by atoms with E-state index >= 15 is 0 Å². The Bertz CT molecular complexity index is 306. The van der Waals surface area contributed by atoms with E-state index in [1.807, 2.05) is 0 Å². The summed E-state index contributed by atoms with van der Waals surface area (Å²) < 4.78 is 4.73. The number of esters is 1. The van der Waals surface area contributed by atoms with E-state index in [1.165, 1.54) is 4.90 Å². The van der Waals surface area contributed by atoms with Crippen molar-refractivity contribution in [1.82, 2.24) is 10.2 Å². The lowest BCUT2D eigenvalue weighted by Gasteiger charge is -2.22. The van der Waals surface area contributed by atoms with Gasteiger partial charge in [0.05, 0.1) is 6.61 Å². The molecule has 2 N–H and O–H groups in total. The molecule has 0 heterocycles. The van der Waals surface area contributed by atoms with Gasteiger partial charge < -0.3 is 20.1 Å². The van der Waals surface area contributed by atoms with Crippen molar-refractivity contribution in [3.05, 3.63) is 0 Å². The average molecular weight is 260 g/mol. The van der Waals surface area contributed by atoms with E-state index in [9.17, 15) is 14.4 Å². The Morgan fingerprint density at radius 2 is 1.89 bits per heavy atom. The highest BCUT2D eigenvalue weighted by molar-refractivity contribution is 5.85. The molecule has 0 radical (unpaired) electrons. The van der Waals surface area contributed by atoms with Crippen molar-refractivity contribution in [3.63, 3.8) is 0 Å². The number of amides is 2. The van der Waals surface area contributed by atoms with Gasteiger partial charge in [0.25, 0.3) is 0 Å². The van der Waals surface area contributed by atoms with Gasteiger partial charge in [-0.15, -0.1) is 0 Å². The maximum absolute atomic E-state index is 11.7. The fourth-order valence-electron chi connectivity index (χ4n) is 1.27. The molecule has 0 fully saturated rings. The summed E-state index contributed by atoms with van der Waals surface area (Å²) in [5.41, 5.74) is 0. The van der Waals surface area contributed by atoms with Crippen molar-refractivity contribution in [3.8, 4) is 0 Å². The van der Waals surface area contributed by atoms with Crippen molar-refractivity contribution >= 4 is 18.0 Å². The van der Waals surface area contributed by atoms with Crippen molar-refractivity contribution in [2.45, 2.75) is 33.2 Å². The van der Waals surface area contributed by atoms with Crippen LogP contribution in [0, 0.1) is 0 Å². The number of hydrogen-bond donors (Lipinski definition) is 2. The first-order chi connectivity index (χ1) is 8.46. The Hall–Kier alpha value is -1.79. The van der Waals surface area contributed by atoms with Crippen molar-refractivity contribution in [1.29, 1.82) is 0 Å². The number of carbonyl (C=O) groups excluding carboxylic acids is 2. The van der Waals surface area contributed by atoms with Crippen LogP contribution in [0.5, 0.6) is 0 Å². The molecule has 0 aliphatic rings. The molecule has 7 heteroatoms. The maximum Gasteiger partial charge on any atom is 0.326 e. The predicted octanol–water partition coefficient (Wildman–Crippen LogP) is 0.444. The summed E-state index contributed by atoms with van der Waals surface area (Å²) in [6.07, 6.45) is 0.276. The van der Waals surface area contributed by atoms with Gasteiger partial charge in [-0.05, 0) is 20.3 Å². The van der Waals surface area contributed by atoms with Gasteiger partial charge in [0.2, 0.25) is 0 Å². The van der Waals surface area contributed by atoms with E-state index in [4.69, 9.17) is 9.84 Å². The SMILES string of the molecule is CCOC(=O)CN(CC)C(=O)N[C@@H](CC)C(=O)O. The third-order valence-electron chi connectivity index (χ3n) is 2.30. The molecule has 7 nitrogen and oxygen atoms in total. The van der Waals surface area contributed by atoms with Crippen LogP contribution in [0.15, 0.2) is 0 Å². The lowest BCUT2D eigenvalue weighted by atomic mass is 10.2. The molecule has 0 aromatic heterocycles. The number of ether oxygens (including phenoxy) is 1. The van der Waals surface area contributed by atoms with Gasteiger partial charge in [-0.2, -0.15) is 0 Å². The Morgan fingerprint density at radius 1 is 1.28 bits per heavy atom. The number of carboxylic acid groups (broad SMARTS) is 1. The molecule has 0 unspecified atom stereocenters. The maximum atomic E-state index is 11.7. The monoisotopic (exact) mass is 260 g/mol. The molecule has 0 spiro atoms. The van der Waals surface area contributed by atoms with Crippen LogP contribution in [0.25, 0.3) is 0 Å². The molecule has 0 bridgehead atoms. The highest BCUT2D eigenvalue weighted by Gasteiger charge is 2.22. The van der Waals surface area contributed by atoms with Crippen LogP contribution < -0.4 is 5.32 Å². The van der Waals surface area contributed by atoms with Crippen LogP contribution >= 0.6 is 0 Å². The number of rotatable bonds is 7. The minimum atomic E-state index is -1.10. The van der Waals surface area contributed by atoms with Gasteiger partial charge in [-0.25, -0.2) is 9.59 Å². The molecule has 104 valence electrons. The minimum Gasteiger partial charge on any atom is -0.480 e. The van der Waals surface area contributed by atoms with Gasteiger partial charge in [0.15, 0.2) is 0 Å². The van der Waals surface area contributed by atoms with Gasteiger partial charge >= 0.3 is 18.0 Å². The topological polar surface area (TPSA) is 95.9 Å². The number of urea groups is 1. The van der Waals surface area contributed by atoms with E-state index in [1.54, 1.807) is 20.8 Å².